The van der Waals surface area contributed by atoms with Crippen molar-refractivity contribution < 1.29 is 18.1 Å². The second-order valence-electron chi connectivity index (χ2n) is 6.48. The summed E-state index contributed by atoms with van der Waals surface area (Å²) in [5.41, 5.74) is -1.17. The topological polar surface area (TPSA) is 110 Å². The van der Waals surface area contributed by atoms with Crippen LogP contribution in [0, 0.1) is 22.9 Å². The number of nitro groups is 1. The molecule has 0 spiro atoms. The van der Waals surface area contributed by atoms with Gasteiger partial charge in [-0.3, -0.25) is 20.2 Å². The summed E-state index contributed by atoms with van der Waals surface area (Å²) >= 11 is 0. The number of aromatic nitrogens is 4. The summed E-state index contributed by atoms with van der Waals surface area (Å²) in [7, 11) is 0. The number of fused-ring (bicyclic) bond motifs is 1. The van der Waals surface area contributed by atoms with Crippen molar-refractivity contribution in [1.82, 2.24) is 20.2 Å². The molecule has 0 fully saturated rings. The first-order chi connectivity index (χ1) is 14.3. The van der Waals surface area contributed by atoms with Crippen molar-refractivity contribution in [2.24, 2.45) is 0 Å². The monoisotopic (exact) mass is 414 g/mol. The lowest BCUT2D eigenvalue weighted by Crippen LogP contribution is -2.19. The molecule has 3 heterocycles. The van der Waals surface area contributed by atoms with E-state index in [1.807, 2.05) is 0 Å². The van der Waals surface area contributed by atoms with Gasteiger partial charge in [0.15, 0.2) is 5.82 Å². The predicted molar refractivity (Wildman–Crippen MR) is 102 cm³/mol. The molecule has 0 radical (unpaired) electrons. The maximum Gasteiger partial charge on any atom is 0.331 e. The molecule has 0 aliphatic rings. The quantitative estimate of drug-likeness (QED) is 0.365. The molecule has 0 aliphatic heterocycles. The minimum absolute atomic E-state index is 0.0379. The molecule has 8 nitrogen and oxygen atoms in total. The maximum atomic E-state index is 15.1. The van der Waals surface area contributed by atoms with Crippen LogP contribution in [-0.4, -0.2) is 25.1 Å². The van der Waals surface area contributed by atoms with Gasteiger partial charge in [-0.25, -0.2) is 9.37 Å². The van der Waals surface area contributed by atoms with Crippen LogP contribution in [0.15, 0.2) is 48.7 Å². The van der Waals surface area contributed by atoms with Crippen molar-refractivity contribution in [1.29, 1.82) is 0 Å². The van der Waals surface area contributed by atoms with E-state index in [9.17, 15) is 14.5 Å². The summed E-state index contributed by atoms with van der Waals surface area (Å²) in [5, 5.41) is 21.2. The van der Waals surface area contributed by atoms with Crippen molar-refractivity contribution >= 4 is 28.1 Å². The molecule has 0 saturated heterocycles. The van der Waals surface area contributed by atoms with Gasteiger partial charge < -0.3 is 5.32 Å². The van der Waals surface area contributed by atoms with Crippen LogP contribution < -0.4 is 5.32 Å². The zero-order valence-corrected chi connectivity index (χ0v) is 15.4. The van der Waals surface area contributed by atoms with E-state index in [2.05, 4.69) is 25.5 Å². The zero-order chi connectivity index (χ0) is 21.5. The number of alkyl halides is 2. The number of nitrogens with zero attached hydrogens (tertiary/aromatic N) is 4. The Bertz CT molecular complexity index is 1260. The van der Waals surface area contributed by atoms with Crippen LogP contribution in [0.5, 0.6) is 0 Å². The Labute approximate surface area is 166 Å². The van der Waals surface area contributed by atoms with Gasteiger partial charge in [-0.1, -0.05) is 12.1 Å². The van der Waals surface area contributed by atoms with Crippen LogP contribution in [0.4, 0.5) is 30.5 Å². The van der Waals surface area contributed by atoms with Crippen molar-refractivity contribution in [3.05, 3.63) is 81.7 Å². The Morgan fingerprint density at radius 1 is 1.13 bits per heavy atom. The normalized spacial score (nSPS) is 11.6. The summed E-state index contributed by atoms with van der Waals surface area (Å²) < 4.78 is 43.4. The number of halogens is 3. The van der Waals surface area contributed by atoms with Crippen molar-refractivity contribution in [2.45, 2.75) is 12.8 Å². The van der Waals surface area contributed by atoms with Gasteiger partial charge in [0.2, 0.25) is 0 Å². The Hall–Kier alpha value is -4.02. The van der Waals surface area contributed by atoms with E-state index < -0.39 is 28.1 Å². The minimum Gasteiger partial charge on any atom is -0.323 e. The zero-order valence-electron chi connectivity index (χ0n) is 15.4. The molecule has 4 aromatic rings. The molecule has 4 rings (SSSR count). The van der Waals surface area contributed by atoms with E-state index in [4.69, 9.17) is 0 Å². The fourth-order valence-electron chi connectivity index (χ4n) is 2.97. The molecular weight excluding hydrogens is 401 g/mol. The first-order valence-electron chi connectivity index (χ1n) is 8.63. The predicted octanol–water partition coefficient (Wildman–Crippen LogP) is 4.59. The maximum absolute atomic E-state index is 15.1. The number of anilines is 2. The summed E-state index contributed by atoms with van der Waals surface area (Å²) in [6, 6.07) is 8.42. The number of rotatable bonds is 5. The molecule has 2 N–H and O–H groups in total. The van der Waals surface area contributed by atoms with E-state index in [1.165, 1.54) is 18.2 Å². The van der Waals surface area contributed by atoms with Crippen molar-refractivity contribution in [3.63, 3.8) is 0 Å². The Morgan fingerprint density at radius 3 is 2.57 bits per heavy atom. The molecule has 0 bridgehead atoms. The molecule has 11 heteroatoms. The third-order valence-corrected chi connectivity index (χ3v) is 4.37. The number of nitrogens with one attached hydrogen (secondary N) is 2. The largest absolute Gasteiger partial charge is 0.331 e. The summed E-state index contributed by atoms with van der Waals surface area (Å²) in [5.74, 6) is -4.25. The number of nitro benzene ring substituents is 1. The van der Waals surface area contributed by atoms with Gasteiger partial charge in [-0.05, 0) is 25.1 Å². The summed E-state index contributed by atoms with van der Waals surface area (Å²) in [6.07, 6.45) is 0.665. The highest BCUT2D eigenvalue weighted by atomic mass is 19.3. The molecular formula is C19H13F3N6O2. The molecule has 0 atom stereocenters. The molecule has 3 aromatic heterocycles. The van der Waals surface area contributed by atoms with E-state index in [1.54, 1.807) is 13.0 Å². The number of non-ortho nitro benzene ring substituents is 1. The third kappa shape index (κ3) is 3.41. The second-order valence-corrected chi connectivity index (χ2v) is 6.48. The van der Waals surface area contributed by atoms with Crippen LogP contribution in [0.25, 0.3) is 10.8 Å². The first kappa shape index (κ1) is 19.3. The average molecular weight is 414 g/mol. The number of pyridine rings is 2. The van der Waals surface area contributed by atoms with Gasteiger partial charge in [0.25, 0.3) is 5.69 Å². The number of aromatic amines is 1. The van der Waals surface area contributed by atoms with Crippen LogP contribution in [0.3, 0.4) is 0 Å². The standard InChI is InChI=1S/C19H13F3N6O2/c1-10-7-17(27-26-10)25-18-12-3-2-4-14(28(29)30)13(12)8-16(24-18)19(21,22)15-6-5-11(20)9-23-15/h2-9H,1H3,(H2,24,25,26,27). The number of H-pyrrole nitrogens is 1. The van der Waals surface area contributed by atoms with Crippen LogP contribution in [0.1, 0.15) is 17.1 Å². The number of hydrogen-bond donors (Lipinski definition) is 2. The van der Waals surface area contributed by atoms with E-state index in [0.717, 1.165) is 18.2 Å². The lowest BCUT2D eigenvalue weighted by Gasteiger charge is -2.17. The van der Waals surface area contributed by atoms with E-state index >= 15 is 8.78 Å². The van der Waals surface area contributed by atoms with Gasteiger partial charge >= 0.3 is 5.92 Å². The molecule has 0 saturated carbocycles. The van der Waals surface area contributed by atoms with Gasteiger partial charge in [0, 0.05) is 23.2 Å². The highest BCUT2D eigenvalue weighted by Crippen LogP contribution is 2.39. The number of benzene rings is 1. The van der Waals surface area contributed by atoms with Crippen molar-refractivity contribution in [3.8, 4) is 0 Å². The lowest BCUT2D eigenvalue weighted by molar-refractivity contribution is -0.383. The number of hydrogen-bond acceptors (Lipinski definition) is 6. The van der Waals surface area contributed by atoms with Gasteiger partial charge in [0.05, 0.1) is 16.5 Å². The van der Waals surface area contributed by atoms with E-state index in [-0.39, 0.29) is 22.3 Å². The summed E-state index contributed by atoms with van der Waals surface area (Å²) in [4.78, 5) is 18.2. The summed E-state index contributed by atoms with van der Waals surface area (Å²) in [6.45, 7) is 1.75. The van der Waals surface area contributed by atoms with Gasteiger partial charge in [-0.2, -0.15) is 13.9 Å². The molecule has 0 amide bonds. The fraction of sp³-hybridized carbons (Fsp3) is 0.105. The molecule has 0 unspecified atom stereocenters. The first-order valence-corrected chi connectivity index (χ1v) is 8.63. The Kier molecular flexibility index (Phi) is 4.57. The van der Waals surface area contributed by atoms with Crippen LogP contribution >= 0.6 is 0 Å². The smallest absolute Gasteiger partial charge is 0.323 e. The van der Waals surface area contributed by atoms with Crippen LogP contribution in [-0.2, 0) is 5.92 Å². The molecule has 30 heavy (non-hydrogen) atoms. The van der Waals surface area contributed by atoms with Gasteiger partial charge in [-0.15, -0.1) is 0 Å². The highest BCUT2D eigenvalue weighted by Gasteiger charge is 2.38. The Morgan fingerprint density at radius 2 is 1.93 bits per heavy atom. The van der Waals surface area contributed by atoms with Crippen molar-refractivity contribution in [2.75, 3.05) is 5.32 Å². The van der Waals surface area contributed by atoms with Gasteiger partial charge in [0.1, 0.15) is 23.0 Å². The van der Waals surface area contributed by atoms with E-state index in [0.29, 0.717) is 17.7 Å². The molecule has 152 valence electrons. The second kappa shape index (κ2) is 7.10. The van der Waals surface area contributed by atoms with Crippen LogP contribution in [0.2, 0.25) is 0 Å². The number of aryl methyl sites for hydroxylation is 1. The highest BCUT2D eigenvalue weighted by molar-refractivity contribution is 5.99. The average Bonchev–Trinajstić information content (AvgIpc) is 3.12. The molecule has 1 aromatic carbocycles. The molecule has 0 aliphatic carbocycles. The fourth-order valence-corrected chi connectivity index (χ4v) is 2.97. The Balaban J connectivity index is 1.94. The third-order valence-electron chi connectivity index (χ3n) is 4.37. The minimum atomic E-state index is -3.73. The lowest BCUT2D eigenvalue weighted by atomic mass is 10.0. The SMILES string of the molecule is Cc1cc(Nc2nc(C(F)(F)c3ccc(F)cn3)cc3c([N+](=O)[O-])cccc23)n[nH]1.